The molecule has 0 heterocycles. The fourth-order valence-corrected chi connectivity index (χ4v) is 2.84. The molecule has 0 saturated heterocycles. The molecule has 2 aromatic carbocycles. The number of hydrogen-bond donors (Lipinski definition) is 3. The minimum absolute atomic E-state index is 0.111. The minimum atomic E-state index is -1.28. The molecule has 9 nitrogen and oxygen atoms in total. The first-order chi connectivity index (χ1) is 16.2. The van der Waals surface area contributed by atoms with Crippen LogP contribution in [-0.4, -0.2) is 57.0 Å². The molecule has 2 aromatic rings. The highest BCUT2D eigenvalue weighted by Crippen LogP contribution is 2.20. The Bertz CT molecular complexity index is 942. The molecule has 0 spiro atoms. The van der Waals surface area contributed by atoms with Crippen LogP contribution in [0.5, 0.6) is 5.75 Å². The van der Waals surface area contributed by atoms with E-state index in [1.807, 2.05) is 31.2 Å². The van der Waals surface area contributed by atoms with Crippen molar-refractivity contribution in [2.75, 3.05) is 33.5 Å². The predicted molar refractivity (Wildman–Crippen MR) is 128 cm³/mol. The molecule has 0 aliphatic rings. The molecular weight excluding hydrogens is 438 g/mol. The first kappa shape index (κ1) is 26.7. The zero-order valence-corrected chi connectivity index (χ0v) is 20.1. The van der Waals surface area contributed by atoms with Crippen LogP contribution in [-0.2, 0) is 20.7 Å². The van der Waals surface area contributed by atoms with Gasteiger partial charge in [-0.05, 0) is 64.1 Å². The van der Waals surface area contributed by atoms with E-state index >= 15 is 0 Å². The third-order valence-corrected chi connectivity index (χ3v) is 4.83. The molecule has 0 aromatic heterocycles. The molecule has 0 fully saturated rings. The number of amides is 2. The minimum Gasteiger partial charge on any atom is -0.476 e. The number of nitrogens with one attached hydrogen (secondary N) is 3. The molecule has 0 aliphatic heterocycles. The van der Waals surface area contributed by atoms with Crippen molar-refractivity contribution < 1.29 is 28.6 Å². The Kier molecular flexibility index (Phi) is 10.3. The topological polar surface area (TPSA) is 115 Å². The van der Waals surface area contributed by atoms with E-state index in [1.165, 1.54) is 0 Å². The summed E-state index contributed by atoms with van der Waals surface area (Å²) in [5.41, 5.74) is 1.46. The third-order valence-electron chi connectivity index (χ3n) is 4.83. The van der Waals surface area contributed by atoms with Crippen LogP contribution in [0.1, 0.15) is 35.3 Å². The van der Waals surface area contributed by atoms with Crippen LogP contribution in [0.3, 0.4) is 0 Å². The summed E-state index contributed by atoms with van der Waals surface area (Å²) in [6.07, 6.45) is -0.0238. The Labute approximate surface area is 200 Å². The van der Waals surface area contributed by atoms with Crippen LogP contribution in [0.4, 0.5) is 4.79 Å². The molecule has 9 heteroatoms. The van der Waals surface area contributed by atoms with Crippen molar-refractivity contribution in [3.63, 3.8) is 0 Å². The van der Waals surface area contributed by atoms with Gasteiger partial charge in [0.1, 0.15) is 5.75 Å². The Hall–Kier alpha value is -3.59. The Morgan fingerprint density at radius 1 is 0.853 bits per heavy atom. The van der Waals surface area contributed by atoms with Crippen LogP contribution in [0.2, 0.25) is 0 Å². The molecule has 0 bridgehead atoms. The van der Waals surface area contributed by atoms with Gasteiger partial charge in [0, 0.05) is 25.2 Å². The lowest BCUT2D eigenvalue weighted by atomic mass is 10.1. The summed E-state index contributed by atoms with van der Waals surface area (Å²) >= 11 is 0. The maximum Gasteiger partial charge on any atom is 0.410 e. The number of carbonyl (C=O) groups excluding carboxylic acids is 3. The molecule has 0 atom stereocenters. The van der Waals surface area contributed by atoms with Crippen LogP contribution in [0, 0.1) is 6.92 Å². The van der Waals surface area contributed by atoms with Gasteiger partial charge in [-0.3, -0.25) is 4.79 Å². The van der Waals surface area contributed by atoms with Gasteiger partial charge in [-0.15, -0.1) is 0 Å². The van der Waals surface area contributed by atoms with Gasteiger partial charge >= 0.3 is 12.1 Å². The Balaban J connectivity index is 1.74. The lowest BCUT2D eigenvalue weighted by Gasteiger charge is -2.24. The van der Waals surface area contributed by atoms with Crippen LogP contribution in [0.25, 0.3) is 0 Å². The first-order valence-electron chi connectivity index (χ1n) is 11.1. The normalized spacial score (nSPS) is 10.8. The van der Waals surface area contributed by atoms with Crippen molar-refractivity contribution in [2.45, 2.75) is 32.8 Å². The van der Waals surface area contributed by atoms with E-state index in [0.29, 0.717) is 37.4 Å². The first-order valence-corrected chi connectivity index (χ1v) is 11.1. The van der Waals surface area contributed by atoms with Gasteiger partial charge in [0.25, 0.3) is 5.91 Å². The zero-order valence-electron chi connectivity index (χ0n) is 20.1. The molecule has 34 heavy (non-hydrogen) atoms. The summed E-state index contributed by atoms with van der Waals surface area (Å²) in [5, 5.41) is 8.28. The van der Waals surface area contributed by atoms with Gasteiger partial charge in [0.05, 0.1) is 0 Å². The molecule has 3 N–H and O–H groups in total. The summed E-state index contributed by atoms with van der Waals surface area (Å²) < 4.78 is 15.6. The Morgan fingerprint density at radius 2 is 1.53 bits per heavy atom. The summed E-state index contributed by atoms with van der Waals surface area (Å²) in [4.78, 5) is 36.0. The predicted octanol–water partition coefficient (Wildman–Crippen LogP) is 2.57. The second-order valence-electron chi connectivity index (χ2n) is 8.14. The number of carbonyl (C=O) groups is 3. The largest absolute Gasteiger partial charge is 0.476 e. The van der Waals surface area contributed by atoms with Gasteiger partial charge in [0.2, 0.25) is 6.79 Å². The van der Waals surface area contributed by atoms with E-state index in [-0.39, 0.29) is 5.91 Å². The number of benzene rings is 2. The molecule has 2 amide bonds. The van der Waals surface area contributed by atoms with Crippen LogP contribution < -0.4 is 20.7 Å². The van der Waals surface area contributed by atoms with Crippen LogP contribution >= 0.6 is 0 Å². The maximum atomic E-state index is 12.3. The van der Waals surface area contributed by atoms with E-state index < -0.39 is 24.5 Å². The van der Waals surface area contributed by atoms with E-state index in [2.05, 4.69) is 16.0 Å². The lowest BCUT2D eigenvalue weighted by Crippen LogP contribution is -2.40. The van der Waals surface area contributed by atoms with Crippen molar-refractivity contribution in [3.05, 3.63) is 65.2 Å². The number of rotatable bonds is 12. The molecule has 184 valence electrons. The second kappa shape index (κ2) is 13.2. The van der Waals surface area contributed by atoms with Gasteiger partial charge in [-0.2, -0.15) is 0 Å². The molecular formula is C25H33N3O6. The zero-order chi connectivity index (χ0) is 25.0. The Morgan fingerprint density at radius 3 is 2.18 bits per heavy atom. The highest BCUT2D eigenvalue weighted by molar-refractivity contribution is 5.94. The van der Waals surface area contributed by atoms with Crippen LogP contribution in [0.15, 0.2) is 48.5 Å². The number of aryl methyl sites for hydroxylation is 1. The van der Waals surface area contributed by atoms with Crippen molar-refractivity contribution in [1.29, 1.82) is 0 Å². The number of likely N-dealkylation sites (N-methyl/N-ethyl adjacent to an activating group) is 1. The number of hydrogen-bond acceptors (Lipinski definition) is 7. The maximum absolute atomic E-state index is 12.3. The van der Waals surface area contributed by atoms with Crippen molar-refractivity contribution >= 4 is 18.0 Å². The van der Waals surface area contributed by atoms with Gasteiger partial charge in [-0.1, -0.05) is 29.8 Å². The fourth-order valence-electron chi connectivity index (χ4n) is 2.84. The molecule has 2 rings (SSSR count). The average molecular weight is 472 g/mol. The summed E-state index contributed by atoms with van der Waals surface area (Å²) in [6.45, 7) is 6.08. The summed E-state index contributed by atoms with van der Waals surface area (Å²) in [6, 6.07) is 14.6. The van der Waals surface area contributed by atoms with E-state index in [1.54, 1.807) is 45.2 Å². The van der Waals surface area contributed by atoms with E-state index in [4.69, 9.17) is 14.2 Å². The molecule has 0 aliphatic carbocycles. The van der Waals surface area contributed by atoms with Gasteiger partial charge < -0.3 is 30.2 Å². The lowest BCUT2D eigenvalue weighted by molar-refractivity contribution is -0.167. The van der Waals surface area contributed by atoms with E-state index in [9.17, 15) is 14.4 Å². The standard InChI is InChI=1S/C25H33N3O6/c1-18-5-9-20(10-6-18)22(29)27-14-13-19-7-11-21(12-8-19)34-25(2,3)23(30)32-17-33-24(31)28-16-15-26-4/h5-12,26H,13-17H2,1-4H3,(H,27,29)(H,28,31). The average Bonchev–Trinajstić information content (AvgIpc) is 2.80. The second-order valence-corrected chi connectivity index (χ2v) is 8.14. The van der Waals surface area contributed by atoms with Crippen molar-refractivity contribution in [2.24, 2.45) is 0 Å². The number of esters is 1. The number of alkyl carbamates (subject to hydrolysis) is 1. The SMILES string of the molecule is CNCCNC(=O)OCOC(=O)C(C)(C)Oc1ccc(CCNC(=O)c2ccc(C)cc2)cc1. The van der Waals surface area contributed by atoms with Crippen molar-refractivity contribution in [1.82, 2.24) is 16.0 Å². The van der Waals surface area contributed by atoms with Gasteiger partial charge in [0.15, 0.2) is 5.60 Å². The highest BCUT2D eigenvalue weighted by Gasteiger charge is 2.32. The van der Waals surface area contributed by atoms with Crippen molar-refractivity contribution in [3.8, 4) is 5.75 Å². The van der Waals surface area contributed by atoms with Gasteiger partial charge in [-0.25, -0.2) is 9.59 Å². The molecule has 0 unspecified atom stereocenters. The monoisotopic (exact) mass is 471 g/mol. The quantitative estimate of drug-likeness (QED) is 0.248. The summed E-state index contributed by atoms with van der Waals surface area (Å²) in [5.74, 6) is -0.293. The smallest absolute Gasteiger partial charge is 0.410 e. The van der Waals surface area contributed by atoms with E-state index in [0.717, 1.165) is 11.1 Å². The fraction of sp³-hybridized carbons (Fsp3) is 0.400. The molecule has 0 radical (unpaired) electrons. The molecule has 0 saturated carbocycles. The third kappa shape index (κ3) is 9.11. The highest BCUT2D eigenvalue weighted by atomic mass is 16.7. The summed E-state index contributed by atoms with van der Waals surface area (Å²) in [7, 11) is 1.76. The number of ether oxygens (including phenoxy) is 3.